The third-order valence-electron chi connectivity index (χ3n) is 10.2. The summed E-state index contributed by atoms with van der Waals surface area (Å²) in [5.41, 5.74) is 0. The lowest BCUT2D eigenvalue weighted by molar-refractivity contribution is -0.870. The van der Waals surface area contributed by atoms with Crippen LogP contribution in [0, 0.1) is 0 Å². The van der Waals surface area contributed by atoms with E-state index >= 15 is 0 Å². The number of rotatable bonds is 44. The second-order valence-electron chi connectivity index (χ2n) is 17.1. The highest BCUT2D eigenvalue weighted by Gasteiger charge is 2.26. The quantitative estimate of drug-likeness (QED) is 0.0215. The minimum absolute atomic E-state index is 0.0878. The van der Waals surface area contributed by atoms with Gasteiger partial charge in [-0.25, -0.2) is 4.57 Å². The summed E-state index contributed by atoms with van der Waals surface area (Å²) in [6.07, 6.45) is 46.4. The molecule has 9 heteroatoms. The molecule has 8 nitrogen and oxygen atoms in total. The first-order valence-electron chi connectivity index (χ1n) is 23.6. The van der Waals surface area contributed by atoms with Crippen LogP contribution in [0.2, 0.25) is 0 Å². The van der Waals surface area contributed by atoms with Crippen LogP contribution in [-0.4, -0.2) is 75.6 Å². The van der Waals surface area contributed by atoms with Gasteiger partial charge >= 0.3 is 13.8 Å². The summed E-state index contributed by atoms with van der Waals surface area (Å²) in [4.78, 5) is 22.9. The molecule has 0 fully saturated rings. The van der Waals surface area contributed by atoms with Crippen molar-refractivity contribution in [3.63, 3.8) is 0 Å². The number of nitrogens with zero attached hydrogens (tertiary/aromatic N) is 1. The number of allylic oxidation sites excluding steroid dienone is 4. The number of ether oxygens (including phenoxy) is 2. The third kappa shape index (κ3) is 44.1. The van der Waals surface area contributed by atoms with Crippen LogP contribution in [0.15, 0.2) is 24.3 Å². The molecule has 56 heavy (non-hydrogen) atoms. The van der Waals surface area contributed by atoms with Gasteiger partial charge in [-0.2, -0.15) is 0 Å². The van der Waals surface area contributed by atoms with Crippen molar-refractivity contribution in [2.45, 2.75) is 219 Å². The molecular formula is C47H93NO7P+. The van der Waals surface area contributed by atoms with Crippen LogP contribution in [0.1, 0.15) is 213 Å². The molecule has 0 saturated carbocycles. The van der Waals surface area contributed by atoms with E-state index in [1.807, 2.05) is 21.1 Å². The lowest BCUT2D eigenvalue weighted by Gasteiger charge is -2.24. The Bertz CT molecular complexity index is 951. The number of hydrogen-bond donors (Lipinski definition) is 1. The maximum absolute atomic E-state index is 12.7. The summed E-state index contributed by atoms with van der Waals surface area (Å²) in [5, 5.41) is 0. The van der Waals surface area contributed by atoms with E-state index in [9.17, 15) is 14.3 Å². The molecule has 0 aromatic heterocycles. The second kappa shape index (κ2) is 40.7. The highest BCUT2D eigenvalue weighted by molar-refractivity contribution is 7.47. The van der Waals surface area contributed by atoms with E-state index in [1.165, 1.54) is 148 Å². The van der Waals surface area contributed by atoms with E-state index in [-0.39, 0.29) is 25.8 Å². The van der Waals surface area contributed by atoms with Crippen molar-refractivity contribution < 1.29 is 37.3 Å². The number of phosphoric acid groups is 1. The standard InChI is InChI=1S/C47H92NO7P/c1-6-8-10-12-14-16-18-20-22-23-24-25-27-29-31-33-35-37-39-42-52-44-46(45-54-56(50,51)53-43-41-48(3,4)5)55-47(49)40-38-36-34-32-30-28-26-21-19-17-15-13-11-9-7-2/h21-23,26,46H,6-20,24-25,27-45H2,1-5H3/p+1/b23-22-,26-21-. The Kier molecular flexibility index (Phi) is 40.0. The molecule has 0 aromatic carbocycles. The highest BCUT2D eigenvalue weighted by atomic mass is 31.2. The van der Waals surface area contributed by atoms with E-state index in [0.717, 1.165) is 44.9 Å². The van der Waals surface area contributed by atoms with Gasteiger partial charge < -0.3 is 18.9 Å². The number of hydrogen-bond acceptors (Lipinski definition) is 6. The summed E-state index contributed by atoms with van der Waals surface area (Å²) in [6, 6.07) is 0. The molecular weight excluding hydrogens is 721 g/mol. The molecule has 0 rings (SSSR count). The van der Waals surface area contributed by atoms with Crippen molar-refractivity contribution in [3.8, 4) is 0 Å². The lowest BCUT2D eigenvalue weighted by Crippen LogP contribution is -2.37. The van der Waals surface area contributed by atoms with E-state index in [4.69, 9.17) is 18.5 Å². The van der Waals surface area contributed by atoms with Gasteiger partial charge in [0.05, 0.1) is 34.4 Å². The molecule has 332 valence electrons. The zero-order valence-corrected chi connectivity index (χ0v) is 38.5. The van der Waals surface area contributed by atoms with Gasteiger partial charge in [-0.3, -0.25) is 13.8 Å². The molecule has 0 bridgehead atoms. The number of likely N-dealkylation sites (N-methyl/N-ethyl adjacent to an activating group) is 1. The highest BCUT2D eigenvalue weighted by Crippen LogP contribution is 2.43. The van der Waals surface area contributed by atoms with Crippen LogP contribution in [0.3, 0.4) is 0 Å². The average molecular weight is 815 g/mol. The Balaban J connectivity index is 4.19. The van der Waals surface area contributed by atoms with E-state index in [1.54, 1.807) is 0 Å². The van der Waals surface area contributed by atoms with Gasteiger partial charge in [0.2, 0.25) is 0 Å². The van der Waals surface area contributed by atoms with Crippen LogP contribution < -0.4 is 0 Å². The minimum Gasteiger partial charge on any atom is -0.457 e. The second-order valence-corrected chi connectivity index (χ2v) is 18.6. The Labute approximate surface area is 347 Å². The molecule has 0 aliphatic rings. The number of quaternary nitrogens is 1. The number of carbonyl (C=O) groups is 1. The number of carbonyl (C=O) groups excluding carboxylic acids is 1. The Morgan fingerprint density at radius 1 is 0.536 bits per heavy atom. The smallest absolute Gasteiger partial charge is 0.457 e. The zero-order valence-electron chi connectivity index (χ0n) is 37.6. The average Bonchev–Trinajstić information content (AvgIpc) is 3.15. The van der Waals surface area contributed by atoms with Gasteiger partial charge in [0.15, 0.2) is 0 Å². The zero-order chi connectivity index (χ0) is 41.3. The molecule has 0 aliphatic heterocycles. The fourth-order valence-corrected chi connectivity index (χ4v) is 7.28. The van der Waals surface area contributed by atoms with Gasteiger partial charge in [0.25, 0.3) is 0 Å². The first-order valence-corrected chi connectivity index (χ1v) is 25.1. The summed E-state index contributed by atoms with van der Waals surface area (Å²) >= 11 is 0. The predicted molar refractivity (Wildman–Crippen MR) is 238 cm³/mol. The third-order valence-corrected chi connectivity index (χ3v) is 11.2. The molecule has 0 aliphatic carbocycles. The van der Waals surface area contributed by atoms with Crippen LogP contribution in [0.5, 0.6) is 0 Å². The fourth-order valence-electron chi connectivity index (χ4n) is 6.54. The first-order chi connectivity index (χ1) is 27.1. The Hall–Kier alpha value is -1.02. The largest absolute Gasteiger partial charge is 0.472 e. The number of esters is 1. The molecule has 1 N–H and O–H groups in total. The molecule has 0 heterocycles. The van der Waals surface area contributed by atoms with Gasteiger partial charge in [-0.15, -0.1) is 0 Å². The van der Waals surface area contributed by atoms with Crippen molar-refractivity contribution in [1.29, 1.82) is 0 Å². The molecule has 0 radical (unpaired) electrons. The van der Waals surface area contributed by atoms with Crippen LogP contribution in [0.4, 0.5) is 0 Å². The minimum atomic E-state index is -4.28. The summed E-state index contributed by atoms with van der Waals surface area (Å²) in [5.74, 6) is -0.321. The topological polar surface area (TPSA) is 91.3 Å². The first kappa shape index (κ1) is 55.0. The van der Waals surface area contributed by atoms with E-state index < -0.39 is 13.9 Å². The fraction of sp³-hybridized carbons (Fsp3) is 0.894. The number of phosphoric ester groups is 1. The molecule has 2 unspecified atom stereocenters. The van der Waals surface area contributed by atoms with E-state index in [0.29, 0.717) is 24.1 Å². The molecule has 0 saturated heterocycles. The van der Waals surface area contributed by atoms with Crippen molar-refractivity contribution in [2.75, 3.05) is 54.1 Å². The molecule has 2 atom stereocenters. The van der Waals surface area contributed by atoms with Gasteiger partial charge in [-0.05, 0) is 64.2 Å². The van der Waals surface area contributed by atoms with Crippen LogP contribution >= 0.6 is 7.82 Å². The van der Waals surface area contributed by atoms with Crippen molar-refractivity contribution in [1.82, 2.24) is 0 Å². The predicted octanol–water partition coefficient (Wildman–Crippen LogP) is 14.0. The molecule has 0 aromatic rings. The summed E-state index contributed by atoms with van der Waals surface area (Å²) in [7, 11) is 1.67. The normalized spacial score (nSPS) is 13.9. The van der Waals surface area contributed by atoms with Gasteiger partial charge in [0.1, 0.15) is 19.3 Å². The lowest BCUT2D eigenvalue weighted by atomic mass is 10.1. The maximum atomic E-state index is 12.7. The summed E-state index contributed by atoms with van der Waals surface area (Å²) < 4.78 is 35.0. The Morgan fingerprint density at radius 2 is 0.929 bits per heavy atom. The van der Waals surface area contributed by atoms with Crippen LogP contribution in [-0.2, 0) is 27.9 Å². The molecule has 0 spiro atoms. The van der Waals surface area contributed by atoms with Crippen molar-refractivity contribution >= 4 is 13.8 Å². The Morgan fingerprint density at radius 3 is 1.36 bits per heavy atom. The monoisotopic (exact) mass is 815 g/mol. The maximum Gasteiger partial charge on any atom is 0.472 e. The number of unbranched alkanes of at least 4 members (excludes halogenated alkanes) is 26. The SMILES string of the molecule is CCCCCCCC/C=C\CCCCCCCC(=O)OC(COCCCCCCCCCC/C=C\CCCCCCCCC)COP(=O)(O)OCC[N+](C)(C)C. The summed E-state index contributed by atoms with van der Waals surface area (Å²) in [6.45, 7) is 5.62. The van der Waals surface area contributed by atoms with Crippen molar-refractivity contribution in [2.24, 2.45) is 0 Å². The van der Waals surface area contributed by atoms with Gasteiger partial charge in [0, 0.05) is 13.0 Å². The van der Waals surface area contributed by atoms with Crippen LogP contribution in [0.25, 0.3) is 0 Å². The van der Waals surface area contributed by atoms with Gasteiger partial charge in [-0.1, -0.05) is 167 Å². The molecule has 0 amide bonds. The van der Waals surface area contributed by atoms with E-state index in [2.05, 4.69) is 38.2 Å². The van der Waals surface area contributed by atoms with Crippen molar-refractivity contribution in [3.05, 3.63) is 24.3 Å².